The smallest absolute Gasteiger partial charge is 0.237 e. The van der Waals surface area contributed by atoms with Crippen molar-refractivity contribution >= 4 is 29.3 Å². The summed E-state index contributed by atoms with van der Waals surface area (Å²) in [6.45, 7) is 4.62. The molecule has 2 aliphatic heterocycles. The molecule has 152 valence electrons. The van der Waals surface area contributed by atoms with Crippen LogP contribution < -0.4 is 10.6 Å². The summed E-state index contributed by atoms with van der Waals surface area (Å²) in [5.74, 6) is 0.325. The van der Waals surface area contributed by atoms with Crippen molar-refractivity contribution in [2.24, 2.45) is 5.92 Å². The first-order valence-corrected chi connectivity index (χ1v) is 10.9. The van der Waals surface area contributed by atoms with Crippen molar-refractivity contribution in [1.29, 1.82) is 0 Å². The van der Waals surface area contributed by atoms with Crippen LogP contribution in [0.5, 0.6) is 0 Å². The van der Waals surface area contributed by atoms with Crippen molar-refractivity contribution in [3.63, 3.8) is 0 Å². The fraction of sp³-hybridized carbons (Fsp3) is 0.941. The number of aliphatic hydroxyl groups excluding tert-OH is 3. The number of alkyl halides is 1. The van der Waals surface area contributed by atoms with Gasteiger partial charge in [0.1, 0.15) is 29.9 Å². The Balaban J connectivity index is 2.09. The third kappa shape index (κ3) is 5.04. The molecule has 1 amide bonds. The second-order valence-corrected chi connectivity index (χ2v) is 8.82. The van der Waals surface area contributed by atoms with E-state index < -0.39 is 41.3 Å². The maximum absolute atomic E-state index is 12.7. The van der Waals surface area contributed by atoms with E-state index >= 15 is 0 Å². The monoisotopic (exact) mass is 410 g/mol. The number of rotatable bonds is 6. The first-order valence-electron chi connectivity index (χ1n) is 9.20. The van der Waals surface area contributed by atoms with Crippen LogP contribution in [-0.2, 0) is 9.53 Å². The molecule has 9 heteroatoms. The lowest BCUT2D eigenvalue weighted by molar-refractivity contribution is -0.205. The normalized spacial score (nSPS) is 40.7. The lowest BCUT2D eigenvalue weighted by Crippen LogP contribution is -2.65. The molecular weight excluding hydrogens is 380 g/mol. The lowest BCUT2D eigenvalue weighted by atomic mass is 9.89. The topological polar surface area (TPSA) is 111 Å². The molecule has 0 aromatic carbocycles. The molecule has 0 radical (unpaired) electrons. The van der Waals surface area contributed by atoms with E-state index in [0.717, 1.165) is 25.8 Å². The number of carbonyl (C=O) groups excluding carboxylic acids is 1. The van der Waals surface area contributed by atoms with Crippen molar-refractivity contribution in [3.05, 3.63) is 0 Å². The van der Waals surface area contributed by atoms with Gasteiger partial charge >= 0.3 is 0 Å². The molecular formula is C17H31ClN2O5S. The Morgan fingerprint density at radius 2 is 2.04 bits per heavy atom. The van der Waals surface area contributed by atoms with Gasteiger partial charge in [-0.25, -0.2) is 0 Å². The molecule has 2 rings (SSSR count). The zero-order valence-electron chi connectivity index (χ0n) is 15.5. The zero-order valence-corrected chi connectivity index (χ0v) is 17.0. The van der Waals surface area contributed by atoms with Gasteiger partial charge in [-0.3, -0.25) is 4.79 Å². The van der Waals surface area contributed by atoms with E-state index in [-0.39, 0.29) is 11.9 Å². The fourth-order valence-corrected chi connectivity index (χ4v) is 4.54. The maximum Gasteiger partial charge on any atom is 0.237 e. The maximum atomic E-state index is 12.7. The predicted molar refractivity (Wildman–Crippen MR) is 102 cm³/mol. The third-order valence-corrected chi connectivity index (χ3v) is 6.53. The molecule has 0 spiro atoms. The van der Waals surface area contributed by atoms with Crippen LogP contribution in [0.15, 0.2) is 0 Å². The molecule has 2 saturated heterocycles. The third-order valence-electron chi connectivity index (χ3n) is 5.40. The average molecular weight is 411 g/mol. The summed E-state index contributed by atoms with van der Waals surface area (Å²) in [6.07, 6.45) is -0.236. The highest BCUT2D eigenvalue weighted by molar-refractivity contribution is 7.99. The Hall–Kier alpha value is -0.0900. The largest absolute Gasteiger partial charge is 0.388 e. The van der Waals surface area contributed by atoms with Gasteiger partial charge in [-0.2, -0.15) is 0 Å². The number of amides is 1. The number of hydrogen-bond donors (Lipinski definition) is 5. The van der Waals surface area contributed by atoms with Crippen molar-refractivity contribution in [3.8, 4) is 0 Å². The van der Waals surface area contributed by atoms with Gasteiger partial charge in [0, 0.05) is 0 Å². The predicted octanol–water partition coefficient (Wildman–Crippen LogP) is 0.0473. The summed E-state index contributed by atoms with van der Waals surface area (Å²) in [5, 5.41) is 36.1. The molecule has 0 saturated carbocycles. The number of carbonyl (C=O) groups is 1. The van der Waals surface area contributed by atoms with E-state index in [4.69, 9.17) is 16.3 Å². The number of piperidine rings is 1. The molecule has 7 nitrogen and oxygen atoms in total. The molecule has 0 aromatic rings. The summed E-state index contributed by atoms with van der Waals surface area (Å²) in [7, 11) is 0. The summed E-state index contributed by atoms with van der Waals surface area (Å²) >= 11 is 7.51. The minimum absolute atomic E-state index is 0.183. The summed E-state index contributed by atoms with van der Waals surface area (Å²) in [6, 6.07) is -1.00. The second-order valence-electron chi connectivity index (χ2n) is 7.19. The molecule has 0 aromatic heterocycles. The molecule has 2 heterocycles. The highest BCUT2D eigenvalue weighted by Crippen LogP contribution is 2.30. The van der Waals surface area contributed by atoms with Gasteiger partial charge in [-0.1, -0.05) is 13.3 Å². The van der Waals surface area contributed by atoms with Crippen LogP contribution >= 0.6 is 23.4 Å². The first kappa shape index (κ1) is 22.2. The van der Waals surface area contributed by atoms with Crippen LogP contribution in [0.2, 0.25) is 0 Å². The van der Waals surface area contributed by atoms with Gasteiger partial charge in [-0.05, 0) is 38.5 Å². The Bertz CT molecular complexity index is 470. The van der Waals surface area contributed by atoms with Crippen LogP contribution in [-0.4, -0.2) is 81.3 Å². The van der Waals surface area contributed by atoms with Crippen LogP contribution in [0, 0.1) is 5.92 Å². The van der Waals surface area contributed by atoms with Crippen LogP contribution in [0.4, 0.5) is 0 Å². The summed E-state index contributed by atoms with van der Waals surface area (Å²) in [5.41, 5.74) is -0.703. The average Bonchev–Trinajstić information content (AvgIpc) is 2.64. The Kier molecular flexibility index (Phi) is 8.46. The van der Waals surface area contributed by atoms with Gasteiger partial charge in [0.25, 0.3) is 0 Å². The molecule has 5 N–H and O–H groups in total. The fourth-order valence-electron chi connectivity index (χ4n) is 3.66. The van der Waals surface area contributed by atoms with Gasteiger partial charge in [0.2, 0.25) is 5.91 Å². The number of thioether (sulfide) groups is 1. The molecule has 0 bridgehead atoms. The molecule has 2 aliphatic rings. The van der Waals surface area contributed by atoms with E-state index in [1.165, 1.54) is 11.8 Å². The Labute approximate surface area is 164 Å². The van der Waals surface area contributed by atoms with Gasteiger partial charge in [0.15, 0.2) is 0 Å². The quantitative estimate of drug-likeness (QED) is 0.393. The highest BCUT2D eigenvalue weighted by Gasteiger charge is 2.48. The highest BCUT2D eigenvalue weighted by atomic mass is 35.5. The molecule has 2 fully saturated rings. The van der Waals surface area contributed by atoms with Crippen LogP contribution in [0.25, 0.3) is 0 Å². The lowest BCUT2D eigenvalue weighted by Gasteiger charge is -2.44. The molecule has 9 atom stereocenters. The van der Waals surface area contributed by atoms with Gasteiger partial charge in [0.05, 0.1) is 17.5 Å². The minimum atomic E-state index is -1.36. The van der Waals surface area contributed by atoms with Crippen molar-refractivity contribution in [1.82, 2.24) is 10.6 Å². The zero-order chi connectivity index (χ0) is 19.4. The summed E-state index contributed by atoms with van der Waals surface area (Å²) < 4.78 is 5.77. The molecule has 0 unspecified atom stereocenters. The number of aliphatic hydroxyl groups is 3. The van der Waals surface area contributed by atoms with Crippen molar-refractivity contribution < 1.29 is 24.9 Å². The summed E-state index contributed by atoms with van der Waals surface area (Å²) in [4.78, 5) is 12.7. The van der Waals surface area contributed by atoms with E-state index in [1.807, 2.05) is 0 Å². The number of nitrogens with one attached hydrogen (secondary N) is 2. The van der Waals surface area contributed by atoms with E-state index in [2.05, 4.69) is 17.6 Å². The van der Waals surface area contributed by atoms with Gasteiger partial charge in [-0.15, -0.1) is 23.4 Å². The number of hydrogen-bond acceptors (Lipinski definition) is 7. The molecule has 0 aliphatic carbocycles. The number of ether oxygens (including phenoxy) is 1. The second kappa shape index (κ2) is 9.91. The SMILES string of the molecule is CC[C@@H]1CCN[C@H](C(=O)N[C@@H]([C@H]2O[C@H](SC)[C@H](O)[C@@H](O)[C@H]2O)[C@H](C)Cl)C1. The van der Waals surface area contributed by atoms with Gasteiger partial charge < -0.3 is 30.7 Å². The first-order chi connectivity index (χ1) is 12.3. The van der Waals surface area contributed by atoms with Crippen LogP contribution in [0.1, 0.15) is 33.1 Å². The Morgan fingerprint density at radius 1 is 1.35 bits per heavy atom. The van der Waals surface area contributed by atoms with E-state index in [0.29, 0.717) is 5.92 Å². The Morgan fingerprint density at radius 3 is 2.62 bits per heavy atom. The molecule has 26 heavy (non-hydrogen) atoms. The van der Waals surface area contributed by atoms with E-state index in [9.17, 15) is 20.1 Å². The van der Waals surface area contributed by atoms with E-state index in [1.54, 1.807) is 13.2 Å². The number of halogens is 1. The van der Waals surface area contributed by atoms with Crippen molar-refractivity contribution in [2.75, 3.05) is 12.8 Å². The van der Waals surface area contributed by atoms with Crippen LogP contribution in [0.3, 0.4) is 0 Å². The minimum Gasteiger partial charge on any atom is -0.388 e. The van der Waals surface area contributed by atoms with Crippen molar-refractivity contribution in [2.45, 2.75) is 80.4 Å². The standard InChI is InChI=1S/C17H31ClN2O5S/c1-4-9-5-6-19-10(7-9)16(24)20-11(8(2)18)15-13(22)12(21)14(23)17(25-15)26-3/h8-15,17,19,21-23H,4-7H2,1-3H3,(H,20,24)/t8-,9+,10-,11+,12-,13+,14+,15+,17+/m0/s1.